The number of hydrogen-bond acceptors (Lipinski definition) is 3. The van der Waals surface area contributed by atoms with Crippen molar-refractivity contribution in [1.29, 1.82) is 0 Å². The molecule has 0 aliphatic rings. The lowest BCUT2D eigenvalue weighted by molar-refractivity contribution is -0.114. The SMILES string of the molecule is CC(=O)Nc1cc(-c2nc3ccccc3o2)ccc1C. The summed E-state index contributed by atoms with van der Waals surface area (Å²) < 4.78 is 5.73. The zero-order valence-corrected chi connectivity index (χ0v) is 11.3. The molecule has 0 saturated carbocycles. The number of aromatic nitrogens is 1. The summed E-state index contributed by atoms with van der Waals surface area (Å²) in [6, 6.07) is 13.4. The smallest absolute Gasteiger partial charge is 0.227 e. The van der Waals surface area contributed by atoms with Crippen LogP contribution in [0.25, 0.3) is 22.6 Å². The van der Waals surface area contributed by atoms with Crippen molar-refractivity contribution in [3.8, 4) is 11.5 Å². The Kier molecular flexibility index (Phi) is 2.99. The van der Waals surface area contributed by atoms with Gasteiger partial charge in [0.05, 0.1) is 0 Å². The normalized spacial score (nSPS) is 10.7. The minimum atomic E-state index is -0.0946. The van der Waals surface area contributed by atoms with E-state index >= 15 is 0 Å². The van der Waals surface area contributed by atoms with Gasteiger partial charge in [-0.3, -0.25) is 4.79 Å². The van der Waals surface area contributed by atoms with Crippen LogP contribution in [0.2, 0.25) is 0 Å². The van der Waals surface area contributed by atoms with Crippen LogP contribution >= 0.6 is 0 Å². The van der Waals surface area contributed by atoms with Gasteiger partial charge >= 0.3 is 0 Å². The highest BCUT2D eigenvalue weighted by Crippen LogP contribution is 2.27. The maximum Gasteiger partial charge on any atom is 0.227 e. The van der Waals surface area contributed by atoms with Gasteiger partial charge in [-0.1, -0.05) is 18.2 Å². The topological polar surface area (TPSA) is 55.1 Å². The van der Waals surface area contributed by atoms with E-state index in [9.17, 15) is 4.79 Å². The molecule has 1 heterocycles. The maximum absolute atomic E-state index is 11.2. The number of benzene rings is 2. The molecule has 1 aromatic heterocycles. The summed E-state index contributed by atoms with van der Waals surface area (Å²) >= 11 is 0. The molecule has 100 valence electrons. The molecule has 0 fully saturated rings. The van der Waals surface area contributed by atoms with Crippen LogP contribution in [0.5, 0.6) is 0 Å². The molecule has 0 aliphatic heterocycles. The van der Waals surface area contributed by atoms with Crippen molar-refractivity contribution in [2.75, 3.05) is 5.32 Å². The molecule has 1 amide bonds. The first-order valence-corrected chi connectivity index (χ1v) is 6.37. The number of oxazole rings is 1. The summed E-state index contributed by atoms with van der Waals surface area (Å²) in [5.41, 5.74) is 4.20. The Morgan fingerprint density at radius 2 is 2.00 bits per heavy atom. The fourth-order valence-corrected chi connectivity index (χ4v) is 2.08. The molecule has 0 radical (unpaired) electrons. The zero-order chi connectivity index (χ0) is 14.1. The van der Waals surface area contributed by atoms with Gasteiger partial charge in [0.15, 0.2) is 5.58 Å². The Bertz CT molecular complexity index is 757. The summed E-state index contributed by atoms with van der Waals surface area (Å²) in [7, 11) is 0. The van der Waals surface area contributed by atoms with E-state index < -0.39 is 0 Å². The average Bonchev–Trinajstić information content (AvgIpc) is 2.84. The molecule has 20 heavy (non-hydrogen) atoms. The van der Waals surface area contributed by atoms with E-state index in [2.05, 4.69) is 10.3 Å². The van der Waals surface area contributed by atoms with Crippen LogP contribution < -0.4 is 5.32 Å². The Labute approximate surface area is 116 Å². The van der Waals surface area contributed by atoms with Gasteiger partial charge in [0.2, 0.25) is 11.8 Å². The second-order valence-corrected chi connectivity index (χ2v) is 4.70. The van der Waals surface area contributed by atoms with Gasteiger partial charge in [-0.2, -0.15) is 0 Å². The second kappa shape index (κ2) is 4.81. The number of nitrogens with zero attached hydrogens (tertiary/aromatic N) is 1. The van der Waals surface area contributed by atoms with E-state index in [1.165, 1.54) is 6.92 Å². The van der Waals surface area contributed by atoms with E-state index in [0.29, 0.717) is 5.89 Å². The van der Waals surface area contributed by atoms with Crippen molar-refractivity contribution >= 4 is 22.7 Å². The molecular weight excluding hydrogens is 252 g/mol. The Hall–Kier alpha value is -2.62. The van der Waals surface area contributed by atoms with Gasteiger partial charge in [-0.15, -0.1) is 0 Å². The van der Waals surface area contributed by atoms with E-state index in [0.717, 1.165) is 27.9 Å². The third-order valence-corrected chi connectivity index (χ3v) is 3.09. The van der Waals surface area contributed by atoms with Crippen LogP contribution in [0.3, 0.4) is 0 Å². The number of hydrogen-bond donors (Lipinski definition) is 1. The molecular formula is C16H14N2O2. The van der Waals surface area contributed by atoms with Crippen LogP contribution in [-0.2, 0) is 4.79 Å². The van der Waals surface area contributed by atoms with Crippen molar-refractivity contribution < 1.29 is 9.21 Å². The first-order valence-electron chi connectivity index (χ1n) is 6.37. The monoisotopic (exact) mass is 266 g/mol. The third-order valence-electron chi connectivity index (χ3n) is 3.09. The Balaban J connectivity index is 2.07. The maximum atomic E-state index is 11.2. The lowest BCUT2D eigenvalue weighted by Gasteiger charge is -2.07. The number of amides is 1. The van der Waals surface area contributed by atoms with Gasteiger partial charge in [0.25, 0.3) is 0 Å². The van der Waals surface area contributed by atoms with E-state index in [1.54, 1.807) is 0 Å². The van der Waals surface area contributed by atoms with Gasteiger partial charge < -0.3 is 9.73 Å². The molecule has 1 N–H and O–H groups in total. The summed E-state index contributed by atoms with van der Waals surface area (Å²) in [6.07, 6.45) is 0. The largest absolute Gasteiger partial charge is 0.436 e. The van der Waals surface area contributed by atoms with Crippen LogP contribution in [-0.4, -0.2) is 10.9 Å². The van der Waals surface area contributed by atoms with E-state index in [4.69, 9.17) is 4.42 Å². The number of fused-ring (bicyclic) bond motifs is 1. The molecule has 0 spiro atoms. The van der Waals surface area contributed by atoms with Crippen LogP contribution in [0, 0.1) is 6.92 Å². The fourth-order valence-electron chi connectivity index (χ4n) is 2.08. The predicted molar refractivity (Wildman–Crippen MR) is 78.5 cm³/mol. The summed E-state index contributed by atoms with van der Waals surface area (Å²) in [5, 5.41) is 2.81. The van der Waals surface area contributed by atoms with Crippen LogP contribution in [0.4, 0.5) is 5.69 Å². The number of para-hydroxylation sites is 2. The molecule has 4 heteroatoms. The molecule has 0 unspecified atom stereocenters. The lowest BCUT2D eigenvalue weighted by Crippen LogP contribution is -2.07. The highest BCUT2D eigenvalue weighted by molar-refractivity contribution is 5.90. The molecule has 3 rings (SSSR count). The summed E-state index contributed by atoms with van der Waals surface area (Å²) in [4.78, 5) is 15.7. The second-order valence-electron chi connectivity index (χ2n) is 4.70. The van der Waals surface area contributed by atoms with Crippen molar-refractivity contribution in [2.45, 2.75) is 13.8 Å². The number of aryl methyl sites for hydroxylation is 1. The first-order chi connectivity index (χ1) is 9.63. The van der Waals surface area contributed by atoms with Gasteiger partial charge in [-0.25, -0.2) is 4.98 Å². The molecule has 3 aromatic rings. The quantitative estimate of drug-likeness (QED) is 0.768. The number of nitrogens with one attached hydrogen (secondary N) is 1. The average molecular weight is 266 g/mol. The number of rotatable bonds is 2. The number of carbonyl (C=O) groups excluding carboxylic acids is 1. The van der Waals surface area contributed by atoms with Crippen molar-refractivity contribution in [3.63, 3.8) is 0 Å². The molecule has 0 atom stereocenters. The molecule has 0 saturated heterocycles. The molecule has 0 aliphatic carbocycles. The Morgan fingerprint density at radius 3 is 2.75 bits per heavy atom. The first kappa shape index (κ1) is 12.4. The molecule has 0 bridgehead atoms. The lowest BCUT2D eigenvalue weighted by atomic mass is 10.1. The number of anilines is 1. The van der Waals surface area contributed by atoms with Crippen molar-refractivity contribution in [2.24, 2.45) is 0 Å². The van der Waals surface area contributed by atoms with E-state index in [1.807, 2.05) is 49.4 Å². The van der Waals surface area contributed by atoms with Crippen LogP contribution in [0.15, 0.2) is 46.9 Å². The third kappa shape index (κ3) is 2.28. The van der Waals surface area contributed by atoms with Crippen molar-refractivity contribution in [3.05, 3.63) is 48.0 Å². The van der Waals surface area contributed by atoms with Gasteiger partial charge in [0, 0.05) is 18.2 Å². The standard InChI is InChI=1S/C16H14N2O2/c1-10-7-8-12(9-14(10)17-11(2)19)16-18-13-5-3-4-6-15(13)20-16/h3-9H,1-2H3,(H,17,19). The van der Waals surface area contributed by atoms with E-state index in [-0.39, 0.29) is 5.91 Å². The molecule has 2 aromatic carbocycles. The minimum Gasteiger partial charge on any atom is -0.436 e. The zero-order valence-electron chi connectivity index (χ0n) is 11.3. The summed E-state index contributed by atoms with van der Waals surface area (Å²) in [5.74, 6) is 0.459. The number of carbonyl (C=O) groups is 1. The highest BCUT2D eigenvalue weighted by atomic mass is 16.3. The minimum absolute atomic E-state index is 0.0946. The fraction of sp³-hybridized carbons (Fsp3) is 0.125. The van der Waals surface area contributed by atoms with Crippen LogP contribution in [0.1, 0.15) is 12.5 Å². The van der Waals surface area contributed by atoms with Crippen molar-refractivity contribution in [1.82, 2.24) is 4.98 Å². The predicted octanol–water partition coefficient (Wildman–Crippen LogP) is 3.76. The highest BCUT2D eigenvalue weighted by Gasteiger charge is 2.10. The van der Waals surface area contributed by atoms with Gasteiger partial charge in [-0.05, 0) is 36.8 Å². The molecule has 4 nitrogen and oxygen atoms in total. The van der Waals surface area contributed by atoms with Gasteiger partial charge in [0.1, 0.15) is 5.52 Å². The summed E-state index contributed by atoms with van der Waals surface area (Å²) in [6.45, 7) is 3.44. The Morgan fingerprint density at radius 1 is 1.20 bits per heavy atom.